The molecule has 0 unspecified atom stereocenters. The van der Waals surface area contributed by atoms with E-state index >= 15 is 0 Å². The van der Waals surface area contributed by atoms with Crippen molar-refractivity contribution in [2.75, 3.05) is 5.32 Å². The minimum Gasteiger partial charge on any atom is -0.478 e. The highest BCUT2D eigenvalue weighted by Gasteiger charge is 2.16. The first-order chi connectivity index (χ1) is 9.38. The lowest BCUT2D eigenvalue weighted by Crippen LogP contribution is -2.15. The molecule has 0 aliphatic rings. The number of halogens is 1. The second-order valence-corrected chi connectivity index (χ2v) is 6.17. The summed E-state index contributed by atoms with van der Waals surface area (Å²) in [7, 11) is 0. The lowest BCUT2D eigenvalue weighted by atomic mass is 10.1. The molecule has 4 nitrogen and oxygen atoms in total. The van der Waals surface area contributed by atoms with Crippen LogP contribution in [0, 0.1) is 13.8 Å². The van der Waals surface area contributed by atoms with Crippen LogP contribution in [0.4, 0.5) is 5.69 Å². The van der Waals surface area contributed by atoms with E-state index in [1.165, 1.54) is 29.5 Å². The number of hydrogen-bond donors (Lipinski definition) is 2. The number of thiophene rings is 1. The Morgan fingerprint density at radius 1 is 1.20 bits per heavy atom. The van der Waals surface area contributed by atoms with Crippen molar-refractivity contribution in [3.63, 3.8) is 0 Å². The Balaban J connectivity index is 2.34. The molecule has 1 aromatic heterocycles. The summed E-state index contributed by atoms with van der Waals surface area (Å²) in [4.78, 5) is 25.2. The van der Waals surface area contributed by atoms with Crippen LogP contribution in [0.25, 0.3) is 0 Å². The van der Waals surface area contributed by atoms with Gasteiger partial charge in [-0.1, -0.05) is 11.6 Å². The van der Waals surface area contributed by atoms with Gasteiger partial charge in [0.1, 0.15) is 0 Å². The number of carboxylic acid groups (broad SMARTS) is 1. The van der Waals surface area contributed by atoms with E-state index in [0.29, 0.717) is 10.6 Å². The second-order valence-electron chi connectivity index (χ2n) is 4.28. The summed E-state index contributed by atoms with van der Waals surface area (Å²) in [6, 6.07) is 6.05. The van der Waals surface area contributed by atoms with E-state index in [9.17, 15) is 9.59 Å². The Morgan fingerprint density at radius 3 is 2.45 bits per heavy atom. The van der Waals surface area contributed by atoms with Crippen molar-refractivity contribution in [1.29, 1.82) is 0 Å². The Kier molecular flexibility index (Phi) is 4.11. The maximum Gasteiger partial charge on any atom is 0.337 e. The number of carbonyl (C=O) groups is 2. The molecule has 0 spiro atoms. The third-order valence-electron chi connectivity index (χ3n) is 2.75. The fourth-order valence-corrected chi connectivity index (χ4v) is 2.95. The Morgan fingerprint density at radius 2 is 1.90 bits per heavy atom. The topological polar surface area (TPSA) is 66.4 Å². The van der Waals surface area contributed by atoms with E-state index in [1.54, 1.807) is 6.07 Å². The molecule has 0 radical (unpaired) electrons. The quantitative estimate of drug-likeness (QED) is 0.901. The van der Waals surface area contributed by atoms with Crippen molar-refractivity contribution in [2.24, 2.45) is 0 Å². The fraction of sp³-hybridized carbons (Fsp3) is 0.143. The summed E-state index contributed by atoms with van der Waals surface area (Å²) in [5.41, 5.74) is 0.745. The molecule has 1 amide bonds. The Labute approximate surface area is 125 Å². The SMILES string of the molecule is Cc1cc(C(=O)Nc2cc(Cl)ccc2C(=O)O)c(C)s1. The summed E-state index contributed by atoms with van der Waals surface area (Å²) in [6.45, 7) is 3.76. The van der Waals surface area contributed by atoms with Gasteiger partial charge in [-0.2, -0.15) is 0 Å². The summed E-state index contributed by atoms with van der Waals surface area (Å²) < 4.78 is 0. The van der Waals surface area contributed by atoms with Gasteiger partial charge >= 0.3 is 5.97 Å². The predicted molar refractivity (Wildman–Crippen MR) is 80.2 cm³/mol. The minimum absolute atomic E-state index is 0.00681. The minimum atomic E-state index is -1.12. The van der Waals surface area contributed by atoms with Gasteiger partial charge in [-0.25, -0.2) is 4.79 Å². The molecule has 2 aromatic rings. The molecule has 0 aliphatic carbocycles. The lowest BCUT2D eigenvalue weighted by molar-refractivity contribution is 0.0698. The van der Waals surface area contributed by atoms with Crippen LogP contribution in [-0.4, -0.2) is 17.0 Å². The first kappa shape index (κ1) is 14.6. The molecule has 0 saturated carbocycles. The zero-order valence-corrected chi connectivity index (χ0v) is 12.4. The highest BCUT2D eigenvalue weighted by atomic mass is 35.5. The van der Waals surface area contributed by atoms with Gasteiger partial charge in [-0.15, -0.1) is 11.3 Å². The van der Waals surface area contributed by atoms with Crippen molar-refractivity contribution in [3.8, 4) is 0 Å². The summed E-state index contributed by atoms with van der Waals surface area (Å²) in [6.07, 6.45) is 0. The number of rotatable bonds is 3. The van der Waals surface area contributed by atoms with Crippen molar-refractivity contribution >= 4 is 40.5 Å². The molecular weight excluding hydrogens is 298 g/mol. The molecule has 1 aromatic carbocycles. The molecule has 2 rings (SSSR count). The lowest BCUT2D eigenvalue weighted by Gasteiger charge is -2.08. The normalized spacial score (nSPS) is 10.3. The van der Waals surface area contributed by atoms with Crippen LogP contribution in [0.5, 0.6) is 0 Å². The Bertz CT molecular complexity index is 694. The van der Waals surface area contributed by atoms with E-state index in [-0.39, 0.29) is 17.2 Å². The fourth-order valence-electron chi connectivity index (χ4n) is 1.85. The first-order valence-electron chi connectivity index (χ1n) is 5.79. The molecule has 0 fully saturated rings. The van der Waals surface area contributed by atoms with E-state index < -0.39 is 5.97 Å². The van der Waals surface area contributed by atoms with Gasteiger partial charge in [-0.3, -0.25) is 4.79 Å². The van der Waals surface area contributed by atoms with Gasteiger partial charge in [0, 0.05) is 14.8 Å². The third kappa shape index (κ3) is 3.00. The molecular formula is C14H12ClNO3S. The average Bonchev–Trinajstić information content (AvgIpc) is 2.68. The predicted octanol–water partition coefficient (Wildman–Crippen LogP) is 3.97. The zero-order chi connectivity index (χ0) is 14.9. The number of nitrogens with one attached hydrogen (secondary N) is 1. The van der Waals surface area contributed by atoms with Crippen LogP contribution in [-0.2, 0) is 0 Å². The molecule has 0 atom stereocenters. The largest absolute Gasteiger partial charge is 0.478 e. The molecule has 6 heteroatoms. The van der Waals surface area contributed by atoms with Crippen LogP contribution >= 0.6 is 22.9 Å². The third-order valence-corrected chi connectivity index (χ3v) is 3.95. The second kappa shape index (κ2) is 5.64. The van der Waals surface area contributed by atoms with Crippen LogP contribution in [0.1, 0.15) is 30.5 Å². The zero-order valence-electron chi connectivity index (χ0n) is 10.9. The maximum atomic E-state index is 12.2. The van der Waals surface area contributed by atoms with Crippen LogP contribution < -0.4 is 5.32 Å². The summed E-state index contributed by atoms with van der Waals surface area (Å²) in [5, 5.41) is 12.1. The number of hydrogen-bond acceptors (Lipinski definition) is 3. The highest BCUT2D eigenvalue weighted by molar-refractivity contribution is 7.12. The number of benzene rings is 1. The van der Waals surface area contributed by atoms with Gasteiger partial charge < -0.3 is 10.4 Å². The number of amides is 1. The summed E-state index contributed by atoms with van der Waals surface area (Å²) >= 11 is 7.36. The monoisotopic (exact) mass is 309 g/mol. The van der Waals surface area contributed by atoms with E-state index in [2.05, 4.69) is 5.32 Å². The van der Waals surface area contributed by atoms with Gasteiger partial charge in [0.05, 0.1) is 16.8 Å². The maximum absolute atomic E-state index is 12.2. The van der Waals surface area contributed by atoms with E-state index in [1.807, 2.05) is 13.8 Å². The standard InChI is InChI=1S/C14H12ClNO3S/c1-7-5-11(8(2)20-7)13(17)16-12-6-9(15)3-4-10(12)14(18)19/h3-6H,1-2H3,(H,16,17)(H,18,19). The van der Waals surface area contributed by atoms with Crippen molar-refractivity contribution in [1.82, 2.24) is 0 Å². The molecule has 0 saturated heterocycles. The van der Waals surface area contributed by atoms with Gasteiger partial charge in [-0.05, 0) is 38.1 Å². The number of aryl methyl sites for hydroxylation is 2. The van der Waals surface area contributed by atoms with Crippen molar-refractivity contribution in [2.45, 2.75) is 13.8 Å². The number of carbonyl (C=O) groups excluding carboxylic acids is 1. The Hall–Kier alpha value is -1.85. The molecule has 20 heavy (non-hydrogen) atoms. The average molecular weight is 310 g/mol. The van der Waals surface area contributed by atoms with E-state index in [0.717, 1.165) is 9.75 Å². The molecule has 0 aliphatic heterocycles. The van der Waals surface area contributed by atoms with Crippen LogP contribution in [0.2, 0.25) is 5.02 Å². The number of carboxylic acids is 1. The molecule has 2 N–H and O–H groups in total. The van der Waals surface area contributed by atoms with Gasteiger partial charge in [0.15, 0.2) is 0 Å². The van der Waals surface area contributed by atoms with Crippen LogP contribution in [0.3, 0.4) is 0 Å². The highest BCUT2D eigenvalue weighted by Crippen LogP contribution is 2.25. The number of aromatic carboxylic acids is 1. The summed E-state index contributed by atoms with van der Waals surface area (Å²) in [5.74, 6) is -1.45. The van der Waals surface area contributed by atoms with Crippen molar-refractivity contribution < 1.29 is 14.7 Å². The number of anilines is 1. The van der Waals surface area contributed by atoms with Gasteiger partial charge in [0.2, 0.25) is 0 Å². The molecule has 0 bridgehead atoms. The van der Waals surface area contributed by atoms with Crippen LogP contribution in [0.15, 0.2) is 24.3 Å². The first-order valence-corrected chi connectivity index (χ1v) is 6.99. The van der Waals surface area contributed by atoms with Gasteiger partial charge in [0.25, 0.3) is 5.91 Å². The van der Waals surface area contributed by atoms with E-state index in [4.69, 9.17) is 16.7 Å². The molecule has 1 heterocycles. The van der Waals surface area contributed by atoms with Crippen molar-refractivity contribution in [3.05, 3.63) is 50.2 Å². The molecule has 104 valence electrons. The smallest absolute Gasteiger partial charge is 0.337 e.